The number of benzene rings is 4. The van der Waals surface area contributed by atoms with E-state index in [1.807, 2.05) is 0 Å². The Balaban J connectivity index is 1.47. The molecule has 0 atom stereocenters. The number of hydrogen-bond donors (Lipinski definition) is 1. The molecule has 2 aliphatic heterocycles. The van der Waals surface area contributed by atoms with Gasteiger partial charge in [-0.2, -0.15) is 0 Å². The fourth-order valence-corrected chi connectivity index (χ4v) is 8.58. The first-order chi connectivity index (χ1) is 25.4. The molecule has 5 heterocycles. The second-order valence-electron chi connectivity index (χ2n) is 13.5. The van der Waals surface area contributed by atoms with Crippen molar-refractivity contribution in [2.75, 3.05) is 0 Å². The van der Waals surface area contributed by atoms with Crippen molar-refractivity contribution in [1.29, 1.82) is 0 Å². The number of aryl methyl sites for hydroxylation is 3. The molecule has 1 N–H and O–H groups in total. The molecular formula is C47H34IN3S. The minimum absolute atomic E-state index is 0.927. The number of H-pyrrole nitrogens is 1. The van der Waals surface area contributed by atoms with Crippen molar-refractivity contribution >= 4 is 78.7 Å². The van der Waals surface area contributed by atoms with Crippen LogP contribution in [0.3, 0.4) is 0 Å². The Morgan fingerprint density at radius 1 is 0.404 bits per heavy atom. The van der Waals surface area contributed by atoms with E-state index in [1.165, 1.54) is 20.3 Å². The Bertz CT molecular complexity index is 2360. The lowest BCUT2D eigenvalue weighted by molar-refractivity contribution is 1.32. The number of rotatable bonds is 4. The van der Waals surface area contributed by atoms with Crippen molar-refractivity contribution in [3.05, 3.63) is 164 Å². The van der Waals surface area contributed by atoms with Gasteiger partial charge in [-0.25, -0.2) is 9.97 Å². The van der Waals surface area contributed by atoms with Crippen LogP contribution in [0.25, 0.3) is 89.2 Å². The topological polar surface area (TPSA) is 41.6 Å². The number of hydrogen-bond acceptors (Lipinski definition) is 3. The third-order valence-electron chi connectivity index (χ3n) is 9.78. The van der Waals surface area contributed by atoms with Crippen LogP contribution in [0.1, 0.15) is 39.5 Å². The highest BCUT2D eigenvalue weighted by Gasteiger charge is 2.19. The number of fused-ring (bicyclic) bond motifs is 8. The van der Waals surface area contributed by atoms with Crippen LogP contribution in [0, 0.1) is 24.3 Å². The Morgan fingerprint density at radius 3 is 1.12 bits per heavy atom. The van der Waals surface area contributed by atoms with Gasteiger partial charge in [0, 0.05) is 46.3 Å². The molecule has 0 unspecified atom stereocenters. The van der Waals surface area contributed by atoms with E-state index in [0.29, 0.717) is 0 Å². The van der Waals surface area contributed by atoms with Crippen LogP contribution in [0.2, 0.25) is 0 Å². The van der Waals surface area contributed by atoms with E-state index in [9.17, 15) is 0 Å². The molecule has 2 aliphatic rings. The maximum atomic E-state index is 5.44. The van der Waals surface area contributed by atoms with E-state index >= 15 is 0 Å². The van der Waals surface area contributed by atoms with Crippen LogP contribution >= 0.6 is 33.9 Å². The third-order valence-corrected chi connectivity index (χ3v) is 11.6. The lowest BCUT2D eigenvalue weighted by Crippen LogP contribution is -1.89. The Labute approximate surface area is 321 Å². The molecule has 8 bridgehead atoms. The monoisotopic (exact) mass is 799 g/mol. The number of halogens is 1. The molecule has 0 aliphatic carbocycles. The molecule has 52 heavy (non-hydrogen) atoms. The second kappa shape index (κ2) is 13.3. The van der Waals surface area contributed by atoms with Crippen LogP contribution in [0.4, 0.5) is 0 Å². The zero-order valence-corrected chi connectivity index (χ0v) is 32.0. The Morgan fingerprint density at radius 2 is 0.731 bits per heavy atom. The van der Waals surface area contributed by atoms with Gasteiger partial charge in [0.25, 0.3) is 0 Å². The molecule has 0 amide bonds. The minimum Gasteiger partial charge on any atom is -0.354 e. The largest absolute Gasteiger partial charge is 0.354 e. The normalized spacial score (nSPS) is 12.1. The molecule has 0 saturated heterocycles. The van der Waals surface area contributed by atoms with Crippen LogP contribution < -0.4 is 0 Å². The quantitative estimate of drug-likeness (QED) is 0.180. The summed E-state index contributed by atoms with van der Waals surface area (Å²) in [5.41, 5.74) is 18.3. The summed E-state index contributed by atoms with van der Waals surface area (Å²) in [6.07, 6.45) is 8.70. The van der Waals surface area contributed by atoms with Crippen molar-refractivity contribution in [3.63, 3.8) is 0 Å². The summed E-state index contributed by atoms with van der Waals surface area (Å²) >= 11 is 4.17. The average Bonchev–Trinajstić information content (AvgIpc) is 3.99. The number of nitrogens with zero attached hydrogens (tertiary/aromatic N) is 2. The van der Waals surface area contributed by atoms with Gasteiger partial charge in [-0.05, 0) is 126 Å². The smallest absolute Gasteiger partial charge is 0.0737 e. The van der Waals surface area contributed by atoms with Gasteiger partial charge in [0.15, 0.2) is 0 Å². The molecule has 5 heteroatoms. The molecule has 0 fully saturated rings. The minimum atomic E-state index is 0.927. The third kappa shape index (κ3) is 6.04. The molecule has 3 aromatic heterocycles. The standard InChI is InChI=1S/C47H34IN3S/c1-28-4-10-31(11-5-28)44-36-20-21-37(49-36)45(32-12-6-29(2)7-13-32)39-23-25-41(51-39)47(34-16-18-35(48)19-17-34)43-27-26-42(52-43)46(40-24-22-38(44)50-40)33-14-8-30(3)9-15-33/h4-27,49H,1-3H3. The van der Waals surface area contributed by atoms with Crippen molar-refractivity contribution in [2.24, 2.45) is 0 Å². The first kappa shape index (κ1) is 32.5. The maximum absolute atomic E-state index is 5.44. The fourth-order valence-electron chi connectivity index (χ4n) is 7.07. The number of aromatic nitrogens is 3. The van der Waals surface area contributed by atoms with Crippen molar-refractivity contribution < 1.29 is 0 Å². The Kier molecular flexibility index (Phi) is 8.33. The molecule has 0 saturated carbocycles. The molecular weight excluding hydrogens is 766 g/mol. The number of aromatic amines is 1. The molecule has 9 rings (SSSR count). The predicted molar refractivity (Wildman–Crippen MR) is 231 cm³/mol. The van der Waals surface area contributed by atoms with Gasteiger partial charge in [0.1, 0.15) is 0 Å². The van der Waals surface area contributed by atoms with E-state index in [0.717, 1.165) is 87.7 Å². The summed E-state index contributed by atoms with van der Waals surface area (Å²) in [5, 5.41) is 0. The summed E-state index contributed by atoms with van der Waals surface area (Å²) in [5.74, 6) is 0. The number of nitrogens with one attached hydrogen (secondary N) is 1. The average molecular weight is 800 g/mol. The number of thiophene rings is 1. The fraction of sp³-hybridized carbons (Fsp3) is 0.0638. The molecule has 250 valence electrons. The van der Waals surface area contributed by atoms with Gasteiger partial charge in [-0.1, -0.05) is 102 Å². The van der Waals surface area contributed by atoms with Gasteiger partial charge in [-0.15, -0.1) is 11.3 Å². The van der Waals surface area contributed by atoms with Gasteiger partial charge in [0.2, 0.25) is 0 Å². The predicted octanol–water partition coefficient (Wildman–Crippen LogP) is 13.6. The maximum Gasteiger partial charge on any atom is 0.0737 e. The highest BCUT2D eigenvalue weighted by atomic mass is 127. The molecule has 0 spiro atoms. The molecule has 3 nitrogen and oxygen atoms in total. The summed E-state index contributed by atoms with van der Waals surface area (Å²) in [7, 11) is 0. The zero-order chi connectivity index (χ0) is 35.3. The highest BCUT2D eigenvalue weighted by Crippen LogP contribution is 2.41. The van der Waals surface area contributed by atoms with Crippen LogP contribution in [-0.2, 0) is 0 Å². The summed E-state index contributed by atoms with van der Waals surface area (Å²) in [4.78, 5) is 14.7. The van der Waals surface area contributed by atoms with Crippen LogP contribution in [-0.4, -0.2) is 15.0 Å². The van der Waals surface area contributed by atoms with E-state index < -0.39 is 0 Å². The first-order valence-corrected chi connectivity index (χ1v) is 19.3. The van der Waals surface area contributed by atoms with Gasteiger partial charge in [0.05, 0.1) is 22.8 Å². The summed E-state index contributed by atoms with van der Waals surface area (Å²) in [6, 6.07) is 44.0. The van der Waals surface area contributed by atoms with Crippen LogP contribution in [0.15, 0.2) is 121 Å². The Hall–Kier alpha value is -5.37. The second-order valence-corrected chi connectivity index (χ2v) is 15.8. The van der Waals surface area contributed by atoms with Gasteiger partial charge < -0.3 is 4.98 Å². The van der Waals surface area contributed by atoms with Crippen molar-refractivity contribution in [3.8, 4) is 44.5 Å². The molecule has 0 radical (unpaired) electrons. The summed E-state index contributed by atoms with van der Waals surface area (Å²) in [6.45, 7) is 6.39. The summed E-state index contributed by atoms with van der Waals surface area (Å²) < 4.78 is 3.53. The lowest BCUT2D eigenvalue weighted by atomic mass is 10.0. The lowest BCUT2D eigenvalue weighted by Gasteiger charge is -2.07. The molecule has 4 aromatic carbocycles. The zero-order valence-electron chi connectivity index (χ0n) is 29.0. The highest BCUT2D eigenvalue weighted by molar-refractivity contribution is 14.1. The first-order valence-electron chi connectivity index (χ1n) is 17.4. The van der Waals surface area contributed by atoms with Gasteiger partial charge in [-0.3, -0.25) is 0 Å². The van der Waals surface area contributed by atoms with E-state index in [4.69, 9.17) is 9.97 Å². The van der Waals surface area contributed by atoms with Crippen LogP contribution in [0.5, 0.6) is 0 Å². The van der Waals surface area contributed by atoms with Crippen molar-refractivity contribution in [2.45, 2.75) is 20.8 Å². The van der Waals surface area contributed by atoms with Crippen molar-refractivity contribution in [1.82, 2.24) is 15.0 Å². The molecule has 7 aromatic rings. The van der Waals surface area contributed by atoms with E-state index in [-0.39, 0.29) is 0 Å². The van der Waals surface area contributed by atoms with E-state index in [1.54, 1.807) is 11.3 Å². The van der Waals surface area contributed by atoms with E-state index in [2.05, 4.69) is 194 Å². The van der Waals surface area contributed by atoms with Gasteiger partial charge >= 0.3 is 0 Å². The SMILES string of the molecule is Cc1ccc(-c2c3nc(c(-c4ccc(C)cc4)c4ccc(s4)c(-c4ccc(I)cc4)c4nc(c(-c5ccc(C)cc5)c5ccc2[nH]5)C=C4)C=C3)cc1.